The zero-order valence-electron chi connectivity index (χ0n) is 17.8. The largest absolute Gasteiger partial charge is 0.494 e. The van der Waals surface area contributed by atoms with E-state index in [1.807, 2.05) is 6.92 Å². The van der Waals surface area contributed by atoms with Gasteiger partial charge in [-0.25, -0.2) is 13.4 Å². The number of anilines is 2. The van der Waals surface area contributed by atoms with Gasteiger partial charge in [0.05, 0.1) is 17.2 Å². The van der Waals surface area contributed by atoms with E-state index in [-0.39, 0.29) is 15.7 Å². The molecule has 1 amide bonds. The van der Waals surface area contributed by atoms with Crippen LogP contribution in [0.15, 0.2) is 75.2 Å². The third-order valence-electron chi connectivity index (χ3n) is 4.16. The second-order valence-electron chi connectivity index (χ2n) is 6.61. The SMILES string of the molecule is CCOc1ccc(NC(=O)C(N=Nc2ccc(S(=O)(=O)Nc3nccs3)cc2)C(C)=O)cc1. The van der Waals surface area contributed by atoms with Crippen LogP contribution in [-0.4, -0.2) is 37.7 Å². The van der Waals surface area contributed by atoms with Gasteiger partial charge in [0.25, 0.3) is 15.9 Å². The predicted molar refractivity (Wildman–Crippen MR) is 125 cm³/mol. The van der Waals surface area contributed by atoms with Crippen LogP contribution in [0.3, 0.4) is 0 Å². The van der Waals surface area contributed by atoms with Crippen molar-refractivity contribution in [2.24, 2.45) is 10.2 Å². The first-order valence-corrected chi connectivity index (χ1v) is 12.1. The smallest absolute Gasteiger partial charge is 0.263 e. The summed E-state index contributed by atoms with van der Waals surface area (Å²) in [6.45, 7) is 3.62. The summed E-state index contributed by atoms with van der Waals surface area (Å²) in [6, 6.07) is 10.9. The number of ketones is 1. The molecule has 1 aromatic heterocycles. The van der Waals surface area contributed by atoms with E-state index < -0.39 is 27.8 Å². The van der Waals surface area contributed by atoms with E-state index in [4.69, 9.17) is 4.74 Å². The maximum absolute atomic E-state index is 12.5. The van der Waals surface area contributed by atoms with Gasteiger partial charge < -0.3 is 10.1 Å². The molecule has 3 rings (SSSR count). The van der Waals surface area contributed by atoms with E-state index in [0.717, 1.165) is 11.3 Å². The minimum atomic E-state index is -3.80. The number of Topliss-reactive ketones (excluding diaryl/α,β-unsaturated/α-hetero) is 1. The number of amides is 1. The lowest BCUT2D eigenvalue weighted by atomic mass is 10.2. The van der Waals surface area contributed by atoms with E-state index in [0.29, 0.717) is 18.0 Å². The Morgan fingerprint density at radius 2 is 1.82 bits per heavy atom. The lowest BCUT2D eigenvalue weighted by Gasteiger charge is -2.10. The maximum atomic E-state index is 12.5. The number of aromatic nitrogens is 1. The fourth-order valence-corrected chi connectivity index (χ4v) is 4.38. The molecule has 172 valence electrons. The van der Waals surface area contributed by atoms with Crippen molar-refractivity contribution in [2.45, 2.75) is 24.8 Å². The number of rotatable bonds is 10. The molecule has 10 nitrogen and oxygen atoms in total. The summed E-state index contributed by atoms with van der Waals surface area (Å²) in [4.78, 5) is 28.4. The third-order valence-corrected chi connectivity index (χ3v) is 6.33. The van der Waals surface area contributed by atoms with Crippen molar-refractivity contribution in [1.29, 1.82) is 0 Å². The van der Waals surface area contributed by atoms with Crippen molar-refractivity contribution < 1.29 is 22.7 Å². The molecule has 0 bridgehead atoms. The molecule has 0 saturated carbocycles. The van der Waals surface area contributed by atoms with E-state index in [1.54, 1.807) is 29.6 Å². The van der Waals surface area contributed by atoms with Crippen molar-refractivity contribution in [2.75, 3.05) is 16.6 Å². The highest BCUT2D eigenvalue weighted by Crippen LogP contribution is 2.21. The molecule has 2 aromatic carbocycles. The summed E-state index contributed by atoms with van der Waals surface area (Å²) in [5, 5.41) is 12.3. The van der Waals surface area contributed by atoms with Gasteiger partial charge in [-0.1, -0.05) is 0 Å². The summed E-state index contributed by atoms with van der Waals surface area (Å²) >= 11 is 1.16. The molecule has 1 atom stereocenters. The molecule has 33 heavy (non-hydrogen) atoms. The maximum Gasteiger partial charge on any atom is 0.263 e. The van der Waals surface area contributed by atoms with Crippen LogP contribution >= 0.6 is 11.3 Å². The number of nitrogens with one attached hydrogen (secondary N) is 2. The van der Waals surface area contributed by atoms with Crippen molar-refractivity contribution in [3.05, 3.63) is 60.1 Å². The van der Waals surface area contributed by atoms with Gasteiger partial charge in [-0.15, -0.1) is 11.3 Å². The predicted octanol–water partition coefficient (Wildman–Crippen LogP) is 4.02. The average Bonchev–Trinajstić information content (AvgIpc) is 3.28. The van der Waals surface area contributed by atoms with Crippen LogP contribution in [-0.2, 0) is 19.6 Å². The van der Waals surface area contributed by atoms with Crippen molar-refractivity contribution in [3.63, 3.8) is 0 Å². The Bertz CT molecular complexity index is 1230. The third kappa shape index (κ3) is 6.67. The summed E-state index contributed by atoms with van der Waals surface area (Å²) in [5.74, 6) is -0.470. The van der Waals surface area contributed by atoms with Gasteiger partial charge in [-0.05, 0) is 62.4 Å². The highest BCUT2D eigenvalue weighted by Gasteiger charge is 2.23. The molecule has 3 aromatic rings. The van der Waals surface area contributed by atoms with Gasteiger partial charge >= 0.3 is 0 Å². The van der Waals surface area contributed by atoms with Crippen LogP contribution in [0, 0.1) is 0 Å². The monoisotopic (exact) mass is 487 g/mol. The molecular weight excluding hydrogens is 466 g/mol. The molecular formula is C21H21N5O5S2. The lowest BCUT2D eigenvalue weighted by molar-refractivity contribution is -0.126. The molecule has 0 aliphatic rings. The van der Waals surface area contributed by atoms with E-state index in [1.165, 1.54) is 37.4 Å². The second-order valence-corrected chi connectivity index (χ2v) is 9.19. The minimum absolute atomic E-state index is 0.00742. The molecule has 1 heterocycles. The Balaban J connectivity index is 1.67. The van der Waals surface area contributed by atoms with Gasteiger partial charge in [0.15, 0.2) is 10.9 Å². The summed E-state index contributed by atoms with van der Waals surface area (Å²) in [5.41, 5.74) is 0.760. The summed E-state index contributed by atoms with van der Waals surface area (Å²) < 4.78 is 32.5. The number of azo groups is 1. The fourth-order valence-electron chi connectivity index (χ4n) is 2.59. The standard InChI is InChI=1S/C21H21N5O5S2/c1-3-31-17-8-4-15(5-9-17)23-20(28)19(14(2)27)25-24-16-6-10-18(11-7-16)33(29,30)26-21-22-12-13-32-21/h4-13,19H,3H2,1-2H3,(H,22,26)(H,23,28). The number of hydrogen-bond donors (Lipinski definition) is 2. The molecule has 2 N–H and O–H groups in total. The number of ether oxygens (including phenoxy) is 1. The van der Waals surface area contributed by atoms with Gasteiger partial charge in [-0.2, -0.15) is 10.2 Å². The highest BCUT2D eigenvalue weighted by atomic mass is 32.2. The van der Waals surface area contributed by atoms with Gasteiger partial charge in [0.2, 0.25) is 6.04 Å². The van der Waals surface area contributed by atoms with Crippen molar-refractivity contribution in [3.8, 4) is 5.75 Å². The Morgan fingerprint density at radius 1 is 1.12 bits per heavy atom. The van der Waals surface area contributed by atoms with Crippen LogP contribution in [0.25, 0.3) is 0 Å². The zero-order chi connectivity index (χ0) is 23.8. The van der Waals surface area contributed by atoms with Gasteiger partial charge in [-0.3, -0.25) is 14.3 Å². The van der Waals surface area contributed by atoms with Crippen molar-refractivity contribution >= 4 is 49.6 Å². The lowest BCUT2D eigenvalue weighted by Crippen LogP contribution is -2.31. The van der Waals surface area contributed by atoms with Crippen molar-refractivity contribution in [1.82, 2.24) is 4.98 Å². The quantitative estimate of drug-likeness (QED) is 0.327. The van der Waals surface area contributed by atoms with Crippen LogP contribution in [0.4, 0.5) is 16.5 Å². The molecule has 0 spiro atoms. The molecule has 0 aliphatic heterocycles. The van der Waals surface area contributed by atoms with Crippen LogP contribution in [0.2, 0.25) is 0 Å². The summed E-state index contributed by atoms with van der Waals surface area (Å²) in [6.07, 6.45) is 1.49. The highest BCUT2D eigenvalue weighted by molar-refractivity contribution is 7.93. The number of hydrogen-bond acceptors (Lipinski definition) is 9. The number of carbonyl (C=O) groups excluding carboxylic acids is 2. The Hall–Kier alpha value is -3.64. The number of sulfonamides is 1. The Labute approximate surface area is 194 Å². The van der Waals surface area contributed by atoms with Crippen LogP contribution in [0.1, 0.15) is 13.8 Å². The minimum Gasteiger partial charge on any atom is -0.494 e. The average molecular weight is 488 g/mol. The first-order valence-electron chi connectivity index (χ1n) is 9.76. The number of carbonyl (C=O) groups is 2. The molecule has 12 heteroatoms. The first-order chi connectivity index (χ1) is 15.8. The zero-order valence-corrected chi connectivity index (χ0v) is 19.4. The van der Waals surface area contributed by atoms with Gasteiger partial charge in [0, 0.05) is 17.3 Å². The molecule has 1 unspecified atom stereocenters. The normalized spacial score (nSPS) is 12.3. The molecule has 0 radical (unpaired) electrons. The van der Waals surface area contributed by atoms with Crippen LogP contribution in [0.5, 0.6) is 5.75 Å². The molecule has 0 fully saturated rings. The van der Waals surface area contributed by atoms with Crippen LogP contribution < -0.4 is 14.8 Å². The number of nitrogens with zero attached hydrogens (tertiary/aromatic N) is 3. The fraction of sp³-hybridized carbons (Fsp3) is 0.190. The topological polar surface area (TPSA) is 139 Å². The van der Waals surface area contributed by atoms with Gasteiger partial charge in [0.1, 0.15) is 5.75 Å². The molecule has 0 saturated heterocycles. The Morgan fingerprint density at radius 3 is 2.39 bits per heavy atom. The number of benzene rings is 2. The first kappa shape index (κ1) is 24.0. The number of thiazole rings is 1. The van der Waals surface area contributed by atoms with E-state index in [2.05, 4.69) is 25.3 Å². The summed E-state index contributed by atoms with van der Waals surface area (Å²) in [7, 11) is -3.80. The van der Waals surface area contributed by atoms with E-state index >= 15 is 0 Å². The molecule has 0 aliphatic carbocycles. The Kier molecular flexibility index (Phi) is 7.85. The second kappa shape index (κ2) is 10.8. The van der Waals surface area contributed by atoms with E-state index in [9.17, 15) is 18.0 Å².